The SMILES string of the molecule is O=[N+](O)c1ccc(S(=O)(=O)Nc2cc(Cl)c(O)c3ccccc23)cc1. The van der Waals surface area contributed by atoms with E-state index in [-0.39, 0.29) is 32.0 Å². The Bertz CT molecular complexity index is 1080. The maximum Gasteiger partial charge on any atom is 0.316 e. The maximum atomic E-state index is 12.6. The molecule has 0 fully saturated rings. The highest BCUT2D eigenvalue weighted by Gasteiger charge is 2.20. The fraction of sp³-hybridized carbons (Fsp3) is 0. The summed E-state index contributed by atoms with van der Waals surface area (Å²) in [4.78, 5) is 10.3. The molecular weight excluding hydrogens is 368 g/mol. The molecule has 3 aromatic rings. The monoisotopic (exact) mass is 379 g/mol. The molecule has 3 aromatic carbocycles. The third kappa shape index (κ3) is 3.21. The summed E-state index contributed by atoms with van der Waals surface area (Å²) >= 11 is 5.97. The molecule has 0 saturated carbocycles. The largest absolute Gasteiger partial charge is 0.506 e. The van der Waals surface area contributed by atoms with E-state index in [0.717, 1.165) is 0 Å². The Labute approximate surface area is 147 Å². The Morgan fingerprint density at radius 1 is 1.00 bits per heavy atom. The van der Waals surface area contributed by atoms with E-state index in [4.69, 9.17) is 16.8 Å². The summed E-state index contributed by atoms with van der Waals surface area (Å²) in [5, 5.41) is 19.7. The van der Waals surface area contributed by atoms with E-state index >= 15 is 0 Å². The zero-order chi connectivity index (χ0) is 18.2. The minimum atomic E-state index is -3.97. The Morgan fingerprint density at radius 3 is 2.20 bits per heavy atom. The number of hydrogen-bond acceptors (Lipinski definition) is 4. The second kappa shape index (κ2) is 6.23. The predicted octanol–water partition coefficient (Wildman–Crippen LogP) is 3.80. The van der Waals surface area contributed by atoms with Crippen molar-refractivity contribution in [2.24, 2.45) is 0 Å². The number of benzene rings is 3. The fourth-order valence-corrected chi connectivity index (χ4v) is 3.65. The summed E-state index contributed by atoms with van der Waals surface area (Å²) in [6.07, 6.45) is 0. The molecule has 0 aliphatic heterocycles. The predicted molar refractivity (Wildman–Crippen MR) is 92.9 cm³/mol. The van der Waals surface area contributed by atoms with Gasteiger partial charge < -0.3 is 5.11 Å². The lowest BCUT2D eigenvalue weighted by Crippen LogP contribution is -2.13. The first-order valence-corrected chi connectivity index (χ1v) is 8.85. The van der Waals surface area contributed by atoms with E-state index in [1.165, 1.54) is 30.3 Å². The highest BCUT2D eigenvalue weighted by molar-refractivity contribution is 7.92. The van der Waals surface area contributed by atoms with E-state index in [1.54, 1.807) is 24.3 Å². The molecular formula is C16H12ClN2O5S+. The Hall–Kier alpha value is -2.84. The van der Waals surface area contributed by atoms with Gasteiger partial charge in [0.05, 0.1) is 20.5 Å². The van der Waals surface area contributed by atoms with Crippen LogP contribution in [0.2, 0.25) is 5.02 Å². The number of hydrogen-bond donors (Lipinski definition) is 3. The van der Waals surface area contributed by atoms with Crippen LogP contribution in [0.3, 0.4) is 0 Å². The van der Waals surface area contributed by atoms with Crippen molar-refractivity contribution in [1.29, 1.82) is 0 Å². The molecule has 3 rings (SSSR count). The maximum absolute atomic E-state index is 12.6. The van der Waals surface area contributed by atoms with Crippen LogP contribution in [0.5, 0.6) is 5.75 Å². The molecule has 3 N–H and O–H groups in total. The molecule has 0 aliphatic rings. The van der Waals surface area contributed by atoms with Gasteiger partial charge >= 0.3 is 5.69 Å². The fourth-order valence-electron chi connectivity index (χ4n) is 2.37. The van der Waals surface area contributed by atoms with E-state index in [9.17, 15) is 18.4 Å². The number of aromatic hydroxyl groups is 1. The minimum absolute atomic E-state index is 0.00836. The van der Waals surface area contributed by atoms with Gasteiger partial charge in [-0.05, 0) is 18.2 Å². The first-order chi connectivity index (χ1) is 11.8. The van der Waals surface area contributed by atoms with Gasteiger partial charge in [0, 0.05) is 22.9 Å². The molecule has 7 nitrogen and oxygen atoms in total. The van der Waals surface area contributed by atoms with Crippen LogP contribution in [0.1, 0.15) is 0 Å². The summed E-state index contributed by atoms with van der Waals surface area (Å²) < 4.78 is 27.5. The number of nitrogens with one attached hydrogen (secondary N) is 1. The van der Waals surface area contributed by atoms with Gasteiger partial charge in [-0.3, -0.25) is 4.72 Å². The number of anilines is 1. The van der Waals surface area contributed by atoms with Gasteiger partial charge in [0.2, 0.25) is 0 Å². The number of halogens is 1. The first kappa shape index (κ1) is 17.0. The van der Waals surface area contributed by atoms with Crippen molar-refractivity contribution in [3.05, 3.63) is 64.5 Å². The van der Waals surface area contributed by atoms with E-state index in [0.29, 0.717) is 10.8 Å². The van der Waals surface area contributed by atoms with E-state index in [1.807, 2.05) is 0 Å². The van der Waals surface area contributed by atoms with Crippen molar-refractivity contribution in [2.45, 2.75) is 4.90 Å². The van der Waals surface area contributed by atoms with Gasteiger partial charge in [-0.15, -0.1) is 0 Å². The van der Waals surface area contributed by atoms with Gasteiger partial charge in [0.15, 0.2) is 0 Å². The topological polar surface area (TPSA) is 107 Å². The van der Waals surface area contributed by atoms with Crippen LogP contribution in [0.15, 0.2) is 59.5 Å². The van der Waals surface area contributed by atoms with Crippen LogP contribution >= 0.6 is 11.6 Å². The average Bonchev–Trinajstić information content (AvgIpc) is 2.59. The lowest BCUT2D eigenvalue weighted by molar-refractivity contribution is -0.729. The Kier molecular flexibility index (Phi) is 4.23. The molecule has 9 heteroatoms. The molecule has 0 aromatic heterocycles. The van der Waals surface area contributed by atoms with Crippen molar-refractivity contribution in [1.82, 2.24) is 0 Å². The molecule has 0 atom stereocenters. The molecule has 0 bridgehead atoms. The smallest absolute Gasteiger partial charge is 0.316 e. The van der Waals surface area contributed by atoms with E-state index in [2.05, 4.69) is 4.72 Å². The molecule has 0 heterocycles. The van der Waals surface area contributed by atoms with Crippen molar-refractivity contribution < 1.29 is 23.7 Å². The summed E-state index contributed by atoms with van der Waals surface area (Å²) in [7, 11) is -3.97. The summed E-state index contributed by atoms with van der Waals surface area (Å²) in [5.74, 6) is -0.136. The summed E-state index contributed by atoms with van der Waals surface area (Å²) in [6.45, 7) is 0. The van der Waals surface area contributed by atoms with Crippen LogP contribution in [0.25, 0.3) is 10.8 Å². The van der Waals surface area contributed by atoms with Crippen LogP contribution < -0.4 is 4.72 Å². The highest BCUT2D eigenvalue weighted by atomic mass is 35.5. The molecule has 25 heavy (non-hydrogen) atoms. The number of sulfonamides is 1. The third-order valence-corrected chi connectivity index (χ3v) is 5.25. The summed E-state index contributed by atoms with van der Waals surface area (Å²) in [5.41, 5.74) is 0.104. The Balaban J connectivity index is 2.05. The Morgan fingerprint density at radius 2 is 1.60 bits per heavy atom. The van der Waals surface area contributed by atoms with Gasteiger partial charge in [0.1, 0.15) is 5.75 Å². The molecule has 0 saturated heterocycles. The van der Waals surface area contributed by atoms with Gasteiger partial charge in [-0.1, -0.05) is 35.9 Å². The van der Waals surface area contributed by atoms with Gasteiger partial charge in [0.25, 0.3) is 14.9 Å². The molecule has 0 amide bonds. The summed E-state index contributed by atoms with van der Waals surface area (Å²) in [6, 6.07) is 12.7. The van der Waals surface area contributed by atoms with Crippen molar-refractivity contribution in [3.63, 3.8) is 0 Å². The number of phenolic OH excluding ortho intramolecular Hbond substituents is 1. The van der Waals surface area contributed by atoms with Crippen molar-refractivity contribution in [3.8, 4) is 5.75 Å². The molecule has 0 spiro atoms. The van der Waals surface area contributed by atoms with Crippen LogP contribution in [-0.4, -0.2) is 23.7 Å². The number of nitrogens with zero attached hydrogens (tertiary/aromatic N) is 1. The van der Waals surface area contributed by atoms with Crippen LogP contribution in [0, 0.1) is 4.91 Å². The number of fused-ring (bicyclic) bond motifs is 1. The number of phenols is 1. The molecule has 0 aliphatic carbocycles. The molecule has 128 valence electrons. The lowest BCUT2D eigenvalue weighted by atomic mass is 10.1. The number of rotatable bonds is 4. The van der Waals surface area contributed by atoms with Crippen molar-refractivity contribution >= 4 is 43.8 Å². The second-order valence-electron chi connectivity index (χ2n) is 5.17. The standard InChI is InChI=1S/C16H11ClN2O5S/c17-14-9-15(12-3-1-2-4-13(12)16(14)20)18-25(23,24)11-7-5-10(6-8-11)19(21)22/h1-9,18H,(H-,20,21,22)/p+1. The highest BCUT2D eigenvalue weighted by Crippen LogP contribution is 2.38. The lowest BCUT2D eigenvalue weighted by Gasteiger charge is -2.12. The minimum Gasteiger partial charge on any atom is -0.506 e. The van der Waals surface area contributed by atoms with Crippen LogP contribution in [-0.2, 0) is 10.0 Å². The quantitative estimate of drug-likeness (QED) is 0.472. The average molecular weight is 380 g/mol. The second-order valence-corrected chi connectivity index (χ2v) is 7.26. The van der Waals surface area contributed by atoms with Gasteiger partial charge in [-0.2, -0.15) is 0 Å². The van der Waals surface area contributed by atoms with Gasteiger partial charge in [-0.25, -0.2) is 13.6 Å². The third-order valence-electron chi connectivity index (χ3n) is 3.58. The first-order valence-electron chi connectivity index (χ1n) is 6.99. The van der Waals surface area contributed by atoms with Crippen molar-refractivity contribution in [2.75, 3.05) is 4.72 Å². The van der Waals surface area contributed by atoms with Crippen LogP contribution in [0.4, 0.5) is 11.4 Å². The normalized spacial score (nSPS) is 11.4. The molecule has 0 unspecified atom stereocenters. The van der Waals surface area contributed by atoms with E-state index < -0.39 is 10.0 Å². The zero-order valence-corrected chi connectivity index (χ0v) is 14.1. The zero-order valence-electron chi connectivity index (χ0n) is 12.5. The molecule has 0 radical (unpaired) electrons.